The van der Waals surface area contributed by atoms with E-state index in [0.29, 0.717) is 30.6 Å². The molecule has 1 aromatic rings. The van der Waals surface area contributed by atoms with Crippen LogP contribution in [-0.4, -0.2) is 48.4 Å². The Kier molecular flexibility index (Phi) is 7.00. The zero-order valence-electron chi connectivity index (χ0n) is 15.9. The van der Waals surface area contributed by atoms with Crippen LogP contribution in [0.3, 0.4) is 0 Å². The van der Waals surface area contributed by atoms with E-state index in [-0.39, 0.29) is 11.8 Å². The highest BCUT2D eigenvalue weighted by atomic mass is 16.2. The summed E-state index contributed by atoms with van der Waals surface area (Å²) in [7, 11) is 0. The normalized spacial score (nSPS) is 15.3. The smallest absolute Gasteiger partial charge is 0.251 e. The Bertz CT molecular complexity index is 573. The lowest BCUT2D eigenvalue weighted by molar-refractivity contribution is -0.119. The molecule has 1 saturated heterocycles. The number of benzene rings is 1. The Labute approximate surface area is 151 Å². The standard InChI is InChI=1S/C20H31N3O2/c1-15(2)22(16(3)4)14-12-21-20(25)17-8-10-18(11-9-17)23-13-6-5-7-19(23)24/h8-11,15-16H,5-7,12-14H2,1-4H3,(H,21,25). The van der Waals surface area contributed by atoms with Gasteiger partial charge in [-0.05, 0) is 64.8 Å². The van der Waals surface area contributed by atoms with E-state index >= 15 is 0 Å². The molecule has 1 aliphatic rings. The van der Waals surface area contributed by atoms with Crippen molar-refractivity contribution in [1.29, 1.82) is 0 Å². The summed E-state index contributed by atoms with van der Waals surface area (Å²) in [5.41, 5.74) is 1.51. The molecule has 5 heteroatoms. The maximum absolute atomic E-state index is 12.3. The minimum Gasteiger partial charge on any atom is -0.351 e. The third kappa shape index (κ3) is 5.30. The van der Waals surface area contributed by atoms with Gasteiger partial charge in [0.05, 0.1) is 0 Å². The Morgan fingerprint density at radius 3 is 2.32 bits per heavy atom. The van der Waals surface area contributed by atoms with Crippen LogP contribution in [0.5, 0.6) is 0 Å². The first-order valence-corrected chi connectivity index (χ1v) is 9.34. The summed E-state index contributed by atoms with van der Waals surface area (Å²) < 4.78 is 0. The van der Waals surface area contributed by atoms with Gasteiger partial charge >= 0.3 is 0 Å². The molecule has 0 unspecified atom stereocenters. The average molecular weight is 345 g/mol. The number of hydrogen-bond donors (Lipinski definition) is 1. The Balaban J connectivity index is 1.89. The lowest BCUT2D eigenvalue weighted by Gasteiger charge is -2.30. The Hall–Kier alpha value is -1.88. The molecule has 0 atom stereocenters. The largest absolute Gasteiger partial charge is 0.351 e. The number of carbonyl (C=O) groups is 2. The van der Waals surface area contributed by atoms with Crippen molar-refractivity contribution in [2.24, 2.45) is 0 Å². The van der Waals surface area contributed by atoms with Crippen molar-refractivity contribution in [2.45, 2.75) is 59.0 Å². The summed E-state index contributed by atoms with van der Waals surface area (Å²) in [5.74, 6) is 0.106. The number of rotatable bonds is 7. The second kappa shape index (κ2) is 8.99. The first kappa shape index (κ1) is 19.4. The maximum atomic E-state index is 12.3. The third-order valence-corrected chi connectivity index (χ3v) is 4.75. The SMILES string of the molecule is CC(C)N(CCNC(=O)c1ccc(N2CCCCC2=O)cc1)C(C)C. The summed E-state index contributed by atoms with van der Waals surface area (Å²) in [6.07, 6.45) is 2.63. The van der Waals surface area contributed by atoms with Gasteiger partial charge in [-0.25, -0.2) is 0 Å². The van der Waals surface area contributed by atoms with Gasteiger partial charge in [-0.1, -0.05) is 0 Å². The summed E-state index contributed by atoms with van der Waals surface area (Å²) in [4.78, 5) is 28.4. The molecule has 0 aromatic heterocycles. The minimum atomic E-state index is -0.0658. The molecule has 0 aliphatic carbocycles. The van der Waals surface area contributed by atoms with Gasteiger partial charge in [0, 0.05) is 49.4 Å². The van der Waals surface area contributed by atoms with E-state index in [1.807, 2.05) is 17.0 Å². The van der Waals surface area contributed by atoms with Gasteiger partial charge in [-0.15, -0.1) is 0 Å². The van der Waals surface area contributed by atoms with Crippen molar-refractivity contribution in [3.8, 4) is 0 Å². The number of nitrogens with zero attached hydrogens (tertiary/aromatic N) is 2. The molecule has 0 radical (unpaired) electrons. The highest BCUT2D eigenvalue weighted by Gasteiger charge is 2.19. The van der Waals surface area contributed by atoms with E-state index in [2.05, 4.69) is 37.9 Å². The van der Waals surface area contributed by atoms with E-state index in [1.165, 1.54) is 0 Å². The molecule has 5 nitrogen and oxygen atoms in total. The van der Waals surface area contributed by atoms with Crippen LogP contribution in [0.4, 0.5) is 5.69 Å². The summed E-state index contributed by atoms with van der Waals surface area (Å²) >= 11 is 0. The molecule has 1 aliphatic heterocycles. The lowest BCUT2D eigenvalue weighted by atomic mass is 10.1. The van der Waals surface area contributed by atoms with Gasteiger partial charge in [-0.3, -0.25) is 14.5 Å². The average Bonchev–Trinajstić information content (AvgIpc) is 2.58. The van der Waals surface area contributed by atoms with Crippen LogP contribution in [-0.2, 0) is 4.79 Å². The van der Waals surface area contributed by atoms with Crippen LogP contribution < -0.4 is 10.2 Å². The number of anilines is 1. The fourth-order valence-electron chi connectivity index (χ4n) is 3.38. The molecular weight excluding hydrogens is 314 g/mol. The molecule has 0 bridgehead atoms. The van der Waals surface area contributed by atoms with Crippen LogP contribution in [0.15, 0.2) is 24.3 Å². The van der Waals surface area contributed by atoms with Crippen LogP contribution in [0.25, 0.3) is 0 Å². The predicted octanol–water partition coefficient (Wildman–Crippen LogP) is 3.05. The monoisotopic (exact) mass is 345 g/mol. The second-order valence-corrected chi connectivity index (χ2v) is 7.23. The van der Waals surface area contributed by atoms with Crippen molar-refractivity contribution in [1.82, 2.24) is 10.2 Å². The summed E-state index contributed by atoms with van der Waals surface area (Å²) in [6.45, 7) is 10.9. The second-order valence-electron chi connectivity index (χ2n) is 7.23. The predicted molar refractivity (Wildman–Crippen MR) is 102 cm³/mol. The summed E-state index contributed by atoms with van der Waals surface area (Å²) in [5, 5.41) is 2.99. The number of amides is 2. The number of carbonyl (C=O) groups excluding carboxylic acids is 2. The molecular formula is C20H31N3O2. The van der Waals surface area contributed by atoms with Gasteiger partial charge < -0.3 is 10.2 Å². The van der Waals surface area contributed by atoms with E-state index in [4.69, 9.17) is 0 Å². The molecule has 2 amide bonds. The lowest BCUT2D eigenvalue weighted by Crippen LogP contribution is -2.42. The first-order valence-electron chi connectivity index (χ1n) is 9.34. The topological polar surface area (TPSA) is 52.7 Å². The van der Waals surface area contributed by atoms with Crippen LogP contribution >= 0.6 is 0 Å². The van der Waals surface area contributed by atoms with Gasteiger partial charge in [0.2, 0.25) is 5.91 Å². The molecule has 0 saturated carbocycles. The molecule has 25 heavy (non-hydrogen) atoms. The fourth-order valence-corrected chi connectivity index (χ4v) is 3.38. The van der Waals surface area contributed by atoms with Crippen molar-refractivity contribution in [2.75, 3.05) is 24.5 Å². The minimum absolute atomic E-state index is 0.0658. The molecule has 1 N–H and O–H groups in total. The van der Waals surface area contributed by atoms with Gasteiger partial charge in [0.1, 0.15) is 0 Å². The quantitative estimate of drug-likeness (QED) is 0.826. The zero-order chi connectivity index (χ0) is 18.4. The van der Waals surface area contributed by atoms with E-state index in [9.17, 15) is 9.59 Å². The number of piperidine rings is 1. The van der Waals surface area contributed by atoms with Gasteiger partial charge in [-0.2, -0.15) is 0 Å². The molecule has 1 aromatic carbocycles. The van der Waals surface area contributed by atoms with Crippen LogP contribution in [0, 0.1) is 0 Å². The third-order valence-electron chi connectivity index (χ3n) is 4.75. The van der Waals surface area contributed by atoms with Gasteiger partial charge in [0.25, 0.3) is 5.91 Å². The number of hydrogen-bond acceptors (Lipinski definition) is 3. The van der Waals surface area contributed by atoms with Crippen molar-refractivity contribution in [3.05, 3.63) is 29.8 Å². The Morgan fingerprint density at radius 2 is 1.76 bits per heavy atom. The van der Waals surface area contributed by atoms with Crippen LogP contribution in [0.2, 0.25) is 0 Å². The van der Waals surface area contributed by atoms with Crippen LogP contribution in [0.1, 0.15) is 57.3 Å². The molecule has 1 fully saturated rings. The van der Waals surface area contributed by atoms with E-state index in [1.54, 1.807) is 12.1 Å². The molecule has 2 rings (SSSR count). The van der Waals surface area contributed by atoms with E-state index < -0.39 is 0 Å². The molecule has 1 heterocycles. The van der Waals surface area contributed by atoms with E-state index in [0.717, 1.165) is 31.6 Å². The zero-order valence-corrected chi connectivity index (χ0v) is 15.9. The maximum Gasteiger partial charge on any atom is 0.251 e. The highest BCUT2D eigenvalue weighted by Crippen LogP contribution is 2.21. The highest BCUT2D eigenvalue weighted by molar-refractivity contribution is 5.96. The number of nitrogens with one attached hydrogen (secondary N) is 1. The fraction of sp³-hybridized carbons (Fsp3) is 0.600. The molecule has 0 spiro atoms. The van der Waals surface area contributed by atoms with Crippen molar-refractivity contribution < 1.29 is 9.59 Å². The molecule has 138 valence electrons. The first-order chi connectivity index (χ1) is 11.9. The Morgan fingerprint density at radius 1 is 1.12 bits per heavy atom. The van der Waals surface area contributed by atoms with Gasteiger partial charge in [0.15, 0.2) is 0 Å². The van der Waals surface area contributed by atoms with Crippen molar-refractivity contribution >= 4 is 17.5 Å². The van der Waals surface area contributed by atoms with Crippen molar-refractivity contribution in [3.63, 3.8) is 0 Å². The summed E-state index contributed by atoms with van der Waals surface area (Å²) in [6, 6.07) is 8.25.